The van der Waals surface area contributed by atoms with Gasteiger partial charge in [-0.15, -0.1) is 0 Å². The standard InChI is InChI=1S/C21H25NO4/c1-24-18-12-11-15(20(25-2)21(18)26-3)13-19(23)22-17-10-6-8-14-7-4-5-9-16(14)17/h4-5,7,9,11-12,17H,6,8,10,13H2,1-3H3,(H,22,23). The van der Waals surface area contributed by atoms with Crippen molar-refractivity contribution >= 4 is 5.91 Å². The fourth-order valence-electron chi connectivity index (χ4n) is 3.62. The fraction of sp³-hybridized carbons (Fsp3) is 0.381. The van der Waals surface area contributed by atoms with Crippen LogP contribution in [0.3, 0.4) is 0 Å². The molecule has 26 heavy (non-hydrogen) atoms. The van der Waals surface area contributed by atoms with Crippen molar-refractivity contribution < 1.29 is 19.0 Å². The molecule has 1 aliphatic carbocycles. The topological polar surface area (TPSA) is 56.8 Å². The molecular formula is C21H25NO4. The lowest BCUT2D eigenvalue weighted by molar-refractivity contribution is -0.121. The molecule has 0 radical (unpaired) electrons. The molecule has 0 saturated carbocycles. The first-order valence-electron chi connectivity index (χ1n) is 8.83. The van der Waals surface area contributed by atoms with Crippen molar-refractivity contribution in [2.24, 2.45) is 0 Å². The van der Waals surface area contributed by atoms with Crippen LogP contribution in [0.25, 0.3) is 0 Å². The van der Waals surface area contributed by atoms with Gasteiger partial charge in [0, 0.05) is 5.56 Å². The minimum absolute atomic E-state index is 0.0303. The predicted octanol–water partition coefficient (Wildman–Crippen LogP) is 3.45. The van der Waals surface area contributed by atoms with E-state index in [0.29, 0.717) is 17.2 Å². The maximum Gasteiger partial charge on any atom is 0.225 e. The Morgan fingerprint density at radius 2 is 1.81 bits per heavy atom. The number of ether oxygens (including phenoxy) is 3. The minimum Gasteiger partial charge on any atom is -0.493 e. The molecule has 2 aromatic carbocycles. The summed E-state index contributed by atoms with van der Waals surface area (Å²) in [5.74, 6) is 1.58. The van der Waals surface area contributed by atoms with Gasteiger partial charge in [-0.3, -0.25) is 4.79 Å². The van der Waals surface area contributed by atoms with Gasteiger partial charge in [-0.25, -0.2) is 0 Å². The maximum absolute atomic E-state index is 12.7. The molecule has 5 nitrogen and oxygen atoms in total. The molecule has 0 aromatic heterocycles. The minimum atomic E-state index is -0.0303. The van der Waals surface area contributed by atoms with Gasteiger partial charge in [0.15, 0.2) is 11.5 Å². The third-order valence-corrected chi connectivity index (χ3v) is 4.84. The van der Waals surface area contributed by atoms with E-state index in [1.807, 2.05) is 12.1 Å². The lowest BCUT2D eigenvalue weighted by Crippen LogP contribution is -2.32. The molecule has 0 heterocycles. The van der Waals surface area contributed by atoms with Gasteiger partial charge in [0.2, 0.25) is 11.7 Å². The van der Waals surface area contributed by atoms with E-state index < -0.39 is 0 Å². The Morgan fingerprint density at radius 1 is 1.04 bits per heavy atom. The smallest absolute Gasteiger partial charge is 0.225 e. The van der Waals surface area contributed by atoms with E-state index >= 15 is 0 Å². The molecule has 0 fully saturated rings. The SMILES string of the molecule is COc1ccc(CC(=O)NC2CCCc3ccccc32)c(OC)c1OC. The lowest BCUT2D eigenvalue weighted by Gasteiger charge is -2.26. The zero-order valence-electron chi connectivity index (χ0n) is 15.5. The predicted molar refractivity (Wildman–Crippen MR) is 100 cm³/mol. The molecule has 1 atom stereocenters. The third-order valence-electron chi connectivity index (χ3n) is 4.84. The van der Waals surface area contributed by atoms with Crippen LogP contribution in [0.2, 0.25) is 0 Å². The van der Waals surface area contributed by atoms with E-state index in [4.69, 9.17) is 14.2 Å². The average molecular weight is 355 g/mol. The van der Waals surface area contributed by atoms with Crippen LogP contribution < -0.4 is 19.5 Å². The molecule has 0 bridgehead atoms. The highest BCUT2D eigenvalue weighted by atomic mass is 16.5. The molecule has 1 aliphatic rings. The summed E-state index contributed by atoms with van der Waals surface area (Å²) in [5, 5.41) is 3.17. The number of benzene rings is 2. The van der Waals surface area contributed by atoms with E-state index in [1.165, 1.54) is 11.1 Å². The number of hydrogen-bond acceptors (Lipinski definition) is 4. The Labute approximate surface area is 154 Å². The van der Waals surface area contributed by atoms with Crippen LogP contribution in [0.15, 0.2) is 36.4 Å². The van der Waals surface area contributed by atoms with E-state index in [0.717, 1.165) is 24.8 Å². The van der Waals surface area contributed by atoms with Gasteiger partial charge in [-0.05, 0) is 36.5 Å². The number of hydrogen-bond donors (Lipinski definition) is 1. The number of amides is 1. The van der Waals surface area contributed by atoms with Gasteiger partial charge in [0.05, 0.1) is 33.8 Å². The summed E-state index contributed by atoms with van der Waals surface area (Å²) >= 11 is 0. The molecule has 0 aliphatic heterocycles. The van der Waals surface area contributed by atoms with Gasteiger partial charge >= 0.3 is 0 Å². The monoisotopic (exact) mass is 355 g/mol. The summed E-state index contributed by atoms with van der Waals surface area (Å²) in [6.45, 7) is 0. The third kappa shape index (κ3) is 3.62. The van der Waals surface area contributed by atoms with Crippen molar-refractivity contribution in [2.75, 3.05) is 21.3 Å². The number of methoxy groups -OCH3 is 3. The maximum atomic E-state index is 12.7. The van der Waals surface area contributed by atoms with E-state index in [-0.39, 0.29) is 18.4 Å². The van der Waals surface area contributed by atoms with E-state index in [2.05, 4.69) is 23.5 Å². The highest BCUT2D eigenvalue weighted by molar-refractivity contribution is 5.80. The molecule has 0 saturated heterocycles. The normalized spacial score (nSPS) is 15.7. The van der Waals surface area contributed by atoms with Crippen LogP contribution in [0.5, 0.6) is 17.2 Å². The molecule has 2 aromatic rings. The van der Waals surface area contributed by atoms with Crippen LogP contribution in [0, 0.1) is 0 Å². The Hall–Kier alpha value is -2.69. The van der Waals surface area contributed by atoms with Crippen LogP contribution in [-0.2, 0) is 17.6 Å². The lowest BCUT2D eigenvalue weighted by atomic mass is 9.87. The molecule has 5 heteroatoms. The average Bonchev–Trinajstić information content (AvgIpc) is 2.67. The summed E-state index contributed by atoms with van der Waals surface area (Å²) in [6, 6.07) is 12.0. The molecule has 1 unspecified atom stereocenters. The molecular weight excluding hydrogens is 330 g/mol. The van der Waals surface area contributed by atoms with Crippen LogP contribution >= 0.6 is 0 Å². The number of carbonyl (C=O) groups is 1. The summed E-state index contributed by atoms with van der Waals surface area (Å²) in [7, 11) is 4.70. The Morgan fingerprint density at radius 3 is 2.54 bits per heavy atom. The Balaban J connectivity index is 1.77. The van der Waals surface area contributed by atoms with Crippen LogP contribution in [0.4, 0.5) is 0 Å². The van der Waals surface area contributed by atoms with E-state index in [1.54, 1.807) is 27.4 Å². The van der Waals surface area contributed by atoms with Crippen molar-refractivity contribution in [3.63, 3.8) is 0 Å². The quantitative estimate of drug-likeness (QED) is 0.862. The molecule has 0 spiro atoms. The van der Waals surface area contributed by atoms with Crippen LogP contribution in [-0.4, -0.2) is 27.2 Å². The van der Waals surface area contributed by atoms with Crippen molar-refractivity contribution in [3.05, 3.63) is 53.1 Å². The Kier molecular flexibility index (Phi) is 5.66. The van der Waals surface area contributed by atoms with E-state index in [9.17, 15) is 4.79 Å². The first-order chi connectivity index (χ1) is 12.7. The number of aryl methyl sites for hydroxylation is 1. The zero-order chi connectivity index (χ0) is 18.5. The number of rotatable bonds is 6. The van der Waals surface area contributed by atoms with Crippen molar-refractivity contribution in [2.45, 2.75) is 31.7 Å². The second kappa shape index (κ2) is 8.13. The zero-order valence-corrected chi connectivity index (χ0v) is 15.5. The second-order valence-electron chi connectivity index (χ2n) is 6.38. The molecule has 138 valence electrons. The largest absolute Gasteiger partial charge is 0.493 e. The molecule has 1 amide bonds. The fourth-order valence-corrected chi connectivity index (χ4v) is 3.62. The molecule has 1 N–H and O–H groups in total. The van der Waals surface area contributed by atoms with Gasteiger partial charge in [-0.2, -0.15) is 0 Å². The van der Waals surface area contributed by atoms with Crippen molar-refractivity contribution in [1.29, 1.82) is 0 Å². The first-order valence-corrected chi connectivity index (χ1v) is 8.83. The van der Waals surface area contributed by atoms with Crippen LogP contribution in [0.1, 0.15) is 35.6 Å². The number of nitrogens with one attached hydrogen (secondary N) is 1. The van der Waals surface area contributed by atoms with Gasteiger partial charge in [0.25, 0.3) is 0 Å². The summed E-state index contributed by atoms with van der Waals surface area (Å²) in [5.41, 5.74) is 3.32. The number of carbonyl (C=O) groups excluding carboxylic acids is 1. The van der Waals surface area contributed by atoms with Gasteiger partial charge in [0.1, 0.15) is 0 Å². The summed E-state index contributed by atoms with van der Waals surface area (Å²) in [6.07, 6.45) is 3.35. The highest BCUT2D eigenvalue weighted by Gasteiger charge is 2.23. The van der Waals surface area contributed by atoms with Crippen molar-refractivity contribution in [3.8, 4) is 17.2 Å². The Bertz CT molecular complexity index is 788. The second-order valence-corrected chi connectivity index (χ2v) is 6.38. The highest BCUT2D eigenvalue weighted by Crippen LogP contribution is 2.40. The first kappa shape index (κ1) is 18.1. The van der Waals surface area contributed by atoms with Gasteiger partial charge < -0.3 is 19.5 Å². The van der Waals surface area contributed by atoms with Crippen molar-refractivity contribution in [1.82, 2.24) is 5.32 Å². The summed E-state index contributed by atoms with van der Waals surface area (Å²) < 4.78 is 16.2. The summed E-state index contributed by atoms with van der Waals surface area (Å²) in [4.78, 5) is 12.7. The number of fused-ring (bicyclic) bond motifs is 1. The van der Waals surface area contributed by atoms with Gasteiger partial charge in [-0.1, -0.05) is 30.3 Å². The molecule has 3 rings (SSSR count).